The fourth-order valence-corrected chi connectivity index (χ4v) is 1.73. The van der Waals surface area contributed by atoms with E-state index in [-0.39, 0.29) is 5.91 Å². The first-order valence-electron chi connectivity index (χ1n) is 7.06. The largest absolute Gasteiger partial charge is 0.345 e. The number of hydrogen-bond donors (Lipinski definition) is 0. The summed E-state index contributed by atoms with van der Waals surface area (Å²) in [5.41, 5.74) is 0. The van der Waals surface area contributed by atoms with Crippen LogP contribution in [0.3, 0.4) is 0 Å². The van der Waals surface area contributed by atoms with Crippen LogP contribution in [0, 0.1) is 0 Å². The summed E-state index contributed by atoms with van der Waals surface area (Å²) in [7, 11) is 3.56. The lowest BCUT2D eigenvalue weighted by Crippen LogP contribution is -2.18. The molecule has 0 spiro atoms. The second-order valence-corrected chi connectivity index (χ2v) is 4.90. The number of allylic oxidation sites excluding steroid dienone is 1. The Morgan fingerprint density at radius 1 is 0.941 bits per heavy atom. The van der Waals surface area contributed by atoms with Crippen LogP contribution in [0.15, 0.2) is 12.2 Å². The number of nitrogens with zero attached hydrogens (tertiary/aromatic N) is 1. The zero-order valence-electron chi connectivity index (χ0n) is 11.9. The molecule has 1 amide bonds. The third-order valence-corrected chi connectivity index (χ3v) is 2.93. The third kappa shape index (κ3) is 11.5. The van der Waals surface area contributed by atoms with Gasteiger partial charge in [0.2, 0.25) is 5.91 Å². The fourth-order valence-electron chi connectivity index (χ4n) is 1.73. The predicted octanol–water partition coefficient (Wildman–Crippen LogP) is 4.16. The first kappa shape index (κ1) is 16.2. The lowest BCUT2D eigenvalue weighted by Gasteiger charge is -2.05. The first-order chi connectivity index (χ1) is 8.18. The van der Waals surface area contributed by atoms with Gasteiger partial charge in [0.15, 0.2) is 0 Å². The molecule has 100 valence electrons. The van der Waals surface area contributed by atoms with Gasteiger partial charge in [-0.15, -0.1) is 0 Å². The average molecular weight is 239 g/mol. The van der Waals surface area contributed by atoms with Crippen LogP contribution in [0.25, 0.3) is 0 Å². The van der Waals surface area contributed by atoms with Crippen molar-refractivity contribution in [2.45, 2.75) is 64.7 Å². The molecule has 0 atom stereocenters. The number of rotatable bonds is 10. The van der Waals surface area contributed by atoms with Gasteiger partial charge in [0.05, 0.1) is 0 Å². The van der Waals surface area contributed by atoms with E-state index >= 15 is 0 Å². The van der Waals surface area contributed by atoms with Gasteiger partial charge in [0.25, 0.3) is 0 Å². The molecule has 0 bridgehead atoms. The highest BCUT2D eigenvalue weighted by molar-refractivity contribution is 5.86. The molecule has 0 aliphatic carbocycles. The highest BCUT2D eigenvalue weighted by atomic mass is 16.2. The summed E-state index contributed by atoms with van der Waals surface area (Å²) in [4.78, 5) is 12.8. The minimum atomic E-state index is 0.0876. The number of amides is 1. The molecule has 0 radical (unpaired) electrons. The highest BCUT2D eigenvalue weighted by Crippen LogP contribution is 2.09. The first-order valence-corrected chi connectivity index (χ1v) is 7.06. The second kappa shape index (κ2) is 11.7. The molecule has 0 aromatic heterocycles. The number of unbranched alkanes of at least 4 members (excludes halogenated alkanes) is 8. The molecule has 0 saturated carbocycles. The normalized spacial score (nSPS) is 11.0. The van der Waals surface area contributed by atoms with Gasteiger partial charge in [-0.2, -0.15) is 0 Å². The van der Waals surface area contributed by atoms with E-state index in [1.807, 2.05) is 6.08 Å². The van der Waals surface area contributed by atoms with Gasteiger partial charge < -0.3 is 4.90 Å². The number of hydrogen-bond acceptors (Lipinski definition) is 1. The van der Waals surface area contributed by atoms with Crippen molar-refractivity contribution in [1.82, 2.24) is 4.90 Å². The van der Waals surface area contributed by atoms with E-state index in [1.165, 1.54) is 51.4 Å². The monoisotopic (exact) mass is 239 g/mol. The van der Waals surface area contributed by atoms with Gasteiger partial charge in [0.1, 0.15) is 0 Å². The Bertz CT molecular complexity index is 209. The van der Waals surface area contributed by atoms with Gasteiger partial charge in [-0.05, 0) is 18.9 Å². The van der Waals surface area contributed by atoms with E-state index in [0.29, 0.717) is 0 Å². The van der Waals surface area contributed by atoms with Crippen LogP contribution in [0.5, 0.6) is 0 Å². The molecule has 0 aromatic rings. The molecule has 2 heteroatoms. The molecule has 0 N–H and O–H groups in total. The molecule has 0 rings (SSSR count). The Morgan fingerprint density at radius 2 is 1.47 bits per heavy atom. The molecule has 0 heterocycles. The summed E-state index contributed by atoms with van der Waals surface area (Å²) in [5, 5.41) is 0. The predicted molar refractivity (Wildman–Crippen MR) is 75.1 cm³/mol. The average Bonchev–Trinajstić information content (AvgIpc) is 2.31. The maximum Gasteiger partial charge on any atom is 0.245 e. The Labute approximate surface area is 107 Å². The van der Waals surface area contributed by atoms with Gasteiger partial charge in [-0.3, -0.25) is 4.79 Å². The van der Waals surface area contributed by atoms with Crippen molar-refractivity contribution in [3.05, 3.63) is 12.2 Å². The minimum absolute atomic E-state index is 0.0876. The molecule has 0 unspecified atom stereocenters. The highest BCUT2D eigenvalue weighted by Gasteiger charge is 1.95. The summed E-state index contributed by atoms with van der Waals surface area (Å²) in [6.07, 6.45) is 15.4. The van der Waals surface area contributed by atoms with Crippen molar-refractivity contribution in [2.24, 2.45) is 0 Å². The van der Waals surface area contributed by atoms with E-state index in [0.717, 1.165) is 6.42 Å². The Balaban J connectivity index is 3.21. The van der Waals surface area contributed by atoms with E-state index in [2.05, 4.69) is 6.92 Å². The zero-order chi connectivity index (χ0) is 12.9. The maximum atomic E-state index is 11.2. The van der Waals surface area contributed by atoms with Crippen LogP contribution in [0.2, 0.25) is 0 Å². The Kier molecular flexibility index (Phi) is 11.1. The molecule has 17 heavy (non-hydrogen) atoms. The Morgan fingerprint density at radius 3 is 2.00 bits per heavy atom. The molecule has 0 saturated heterocycles. The summed E-state index contributed by atoms with van der Waals surface area (Å²) in [6, 6.07) is 0. The number of likely N-dealkylation sites (N-methyl/N-ethyl adjacent to an activating group) is 1. The standard InChI is InChI=1S/C15H29NO/c1-4-5-6-7-8-9-10-11-12-13-14-15(17)16(2)3/h13-14H,4-12H2,1-3H3. The molecule has 0 aliphatic rings. The van der Waals surface area contributed by atoms with Crippen LogP contribution in [-0.2, 0) is 4.79 Å². The van der Waals surface area contributed by atoms with Crippen molar-refractivity contribution in [2.75, 3.05) is 14.1 Å². The smallest absolute Gasteiger partial charge is 0.245 e. The van der Waals surface area contributed by atoms with E-state index < -0.39 is 0 Å². The van der Waals surface area contributed by atoms with Crippen molar-refractivity contribution in [3.8, 4) is 0 Å². The molecule has 0 fully saturated rings. The van der Waals surface area contributed by atoms with Crippen LogP contribution < -0.4 is 0 Å². The van der Waals surface area contributed by atoms with Gasteiger partial charge in [-0.1, -0.05) is 57.9 Å². The topological polar surface area (TPSA) is 20.3 Å². The summed E-state index contributed by atoms with van der Waals surface area (Å²) < 4.78 is 0. The van der Waals surface area contributed by atoms with Crippen molar-refractivity contribution in [1.29, 1.82) is 0 Å². The number of carbonyl (C=O) groups is 1. The summed E-state index contributed by atoms with van der Waals surface area (Å²) in [5.74, 6) is 0.0876. The van der Waals surface area contributed by atoms with Crippen molar-refractivity contribution in [3.63, 3.8) is 0 Å². The van der Waals surface area contributed by atoms with Crippen LogP contribution in [0.1, 0.15) is 64.7 Å². The van der Waals surface area contributed by atoms with Gasteiger partial charge >= 0.3 is 0 Å². The van der Waals surface area contributed by atoms with E-state index in [4.69, 9.17) is 0 Å². The maximum absolute atomic E-state index is 11.2. The summed E-state index contributed by atoms with van der Waals surface area (Å²) >= 11 is 0. The molecule has 0 aromatic carbocycles. The molecule has 2 nitrogen and oxygen atoms in total. The summed E-state index contributed by atoms with van der Waals surface area (Å²) in [6.45, 7) is 2.25. The van der Waals surface area contributed by atoms with Gasteiger partial charge in [0, 0.05) is 14.1 Å². The quantitative estimate of drug-likeness (QED) is 0.414. The minimum Gasteiger partial charge on any atom is -0.345 e. The SMILES string of the molecule is CCCCCCCCCCC=CC(=O)N(C)C. The van der Waals surface area contributed by atoms with Crippen LogP contribution in [0.4, 0.5) is 0 Å². The van der Waals surface area contributed by atoms with Crippen molar-refractivity contribution < 1.29 is 4.79 Å². The van der Waals surface area contributed by atoms with Crippen LogP contribution >= 0.6 is 0 Å². The van der Waals surface area contributed by atoms with E-state index in [1.54, 1.807) is 25.1 Å². The third-order valence-electron chi connectivity index (χ3n) is 2.93. The van der Waals surface area contributed by atoms with E-state index in [9.17, 15) is 4.79 Å². The molecule has 0 aliphatic heterocycles. The number of carbonyl (C=O) groups excluding carboxylic acids is 1. The van der Waals surface area contributed by atoms with Gasteiger partial charge in [-0.25, -0.2) is 0 Å². The lowest BCUT2D eigenvalue weighted by atomic mass is 10.1. The molecular formula is C15H29NO. The Hall–Kier alpha value is -0.790. The fraction of sp³-hybridized carbons (Fsp3) is 0.800. The van der Waals surface area contributed by atoms with Crippen LogP contribution in [-0.4, -0.2) is 24.9 Å². The van der Waals surface area contributed by atoms with Crippen molar-refractivity contribution >= 4 is 5.91 Å². The zero-order valence-corrected chi connectivity index (χ0v) is 11.9. The second-order valence-electron chi connectivity index (χ2n) is 4.90. The molecular weight excluding hydrogens is 210 g/mol. The lowest BCUT2D eigenvalue weighted by molar-refractivity contribution is -0.123.